The third-order valence-electron chi connectivity index (χ3n) is 4.50. The van der Waals surface area contributed by atoms with Crippen LogP contribution in [0, 0.1) is 11.3 Å². The van der Waals surface area contributed by atoms with E-state index in [0.717, 1.165) is 18.8 Å². The van der Waals surface area contributed by atoms with E-state index >= 15 is 0 Å². The van der Waals surface area contributed by atoms with Crippen LogP contribution in [0.15, 0.2) is 6.33 Å². The van der Waals surface area contributed by atoms with Crippen molar-refractivity contribution in [2.75, 3.05) is 5.32 Å². The van der Waals surface area contributed by atoms with Crippen molar-refractivity contribution in [1.29, 1.82) is 0 Å². The summed E-state index contributed by atoms with van der Waals surface area (Å²) < 4.78 is 0. The first-order valence-corrected chi connectivity index (χ1v) is 8.12. The topological polar surface area (TPSA) is 58.0 Å². The molecule has 1 aromatic heterocycles. The smallest absolute Gasteiger partial charge is 0.148 e. The van der Waals surface area contributed by atoms with Crippen molar-refractivity contribution in [3.63, 3.8) is 0 Å². The van der Waals surface area contributed by atoms with Gasteiger partial charge in [-0.2, -0.15) is 0 Å². The van der Waals surface area contributed by atoms with Gasteiger partial charge in [0.1, 0.15) is 17.2 Å². The van der Waals surface area contributed by atoms with Crippen LogP contribution >= 0.6 is 11.6 Å². The molecule has 1 saturated carbocycles. The van der Waals surface area contributed by atoms with E-state index in [1.54, 1.807) is 6.92 Å². The predicted octanol–water partition coefficient (Wildman–Crippen LogP) is 4.20. The van der Waals surface area contributed by atoms with Gasteiger partial charge >= 0.3 is 0 Å². The standard InChI is InChI=1S/C16H26ClN3O/c1-10(21)14-13(17)15(19-9-18-14)20-12-7-5-11(6-8-12)16(2,3)4/h9-12,21H,5-8H2,1-4H3,(H,18,19,20)/t10?,11-,12+. The largest absolute Gasteiger partial charge is 0.387 e. The van der Waals surface area contributed by atoms with E-state index in [-0.39, 0.29) is 0 Å². The van der Waals surface area contributed by atoms with Gasteiger partial charge in [-0.3, -0.25) is 0 Å². The Kier molecular flexibility index (Phi) is 5.10. The monoisotopic (exact) mass is 311 g/mol. The maximum Gasteiger partial charge on any atom is 0.148 e. The molecule has 0 aliphatic heterocycles. The molecule has 0 saturated heterocycles. The Morgan fingerprint density at radius 1 is 1.24 bits per heavy atom. The highest BCUT2D eigenvalue weighted by Crippen LogP contribution is 2.39. The molecule has 0 radical (unpaired) electrons. The molecule has 0 bridgehead atoms. The van der Waals surface area contributed by atoms with Crippen molar-refractivity contribution in [2.24, 2.45) is 11.3 Å². The molecule has 0 amide bonds. The van der Waals surface area contributed by atoms with Gasteiger partial charge in [-0.25, -0.2) is 9.97 Å². The number of aliphatic hydroxyl groups is 1. The van der Waals surface area contributed by atoms with E-state index in [9.17, 15) is 5.11 Å². The van der Waals surface area contributed by atoms with Crippen molar-refractivity contribution < 1.29 is 5.11 Å². The van der Waals surface area contributed by atoms with Gasteiger partial charge in [0.25, 0.3) is 0 Å². The van der Waals surface area contributed by atoms with Gasteiger partial charge in [0.15, 0.2) is 0 Å². The summed E-state index contributed by atoms with van der Waals surface area (Å²) in [4.78, 5) is 8.26. The number of nitrogens with zero attached hydrogens (tertiary/aromatic N) is 2. The van der Waals surface area contributed by atoms with Crippen molar-refractivity contribution in [1.82, 2.24) is 9.97 Å². The zero-order chi connectivity index (χ0) is 15.6. The Morgan fingerprint density at radius 3 is 2.38 bits per heavy atom. The molecule has 0 aromatic carbocycles. The first-order chi connectivity index (χ1) is 9.79. The second-order valence-electron chi connectivity index (χ2n) is 7.16. The molecule has 118 valence electrons. The summed E-state index contributed by atoms with van der Waals surface area (Å²) in [5, 5.41) is 13.5. The highest BCUT2D eigenvalue weighted by molar-refractivity contribution is 6.33. The Balaban J connectivity index is 2.00. The SMILES string of the molecule is CC(O)c1ncnc(N[C@H]2CC[C@@H](C(C)(C)C)CC2)c1Cl. The van der Waals surface area contributed by atoms with Crippen LogP contribution in [0.4, 0.5) is 5.82 Å². The zero-order valence-electron chi connectivity index (χ0n) is 13.4. The Morgan fingerprint density at radius 2 is 1.86 bits per heavy atom. The normalized spacial score (nSPS) is 24.7. The van der Waals surface area contributed by atoms with E-state index in [1.807, 2.05) is 0 Å². The number of nitrogens with one attached hydrogen (secondary N) is 1. The van der Waals surface area contributed by atoms with Gasteiger partial charge in [-0.05, 0) is 43.9 Å². The molecular weight excluding hydrogens is 286 g/mol. The minimum absolute atomic E-state index is 0.386. The number of hydrogen-bond donors (Lipinski definition) is 2. The molecule has 1 aliphatic carbocycles. The summed E-state index contributed by atoms with van der Waals surface area (Å²) in [6.45, 7) is 8.62. The van der Waals surface area contributed by atoms with Gasteiger partial charge < -0.3 is 10.4 Å². The fraction of sp³-hybridized carbons (Fsp3) is 0.750. The lowest BCUT2D eigenvalue weighted by atomic mass is 9.71. The van der Waals surface area contributed by atoms with E-state index in [2.05, 4.69) is 36.1 Å². The number of anilines is 1. The van der Waals surface area contributed by atoms with Crippen LogP contribution in [-0.4, -0.2) is 21.1 Å². The number of hydrogen-bond acceptors (Lipinski definition) is 4. The molecule has 4 nitrogen and oxygen atoms in total. The molecule has 0 spiro atoms. The Labute approximate surface area is 132 Å². The molecule has 1 aromatic rings. The molecule has 21 heavy (non-hydrogen) atoms. The lowest BCUT2D eigenvalue weighted by Crippen LogP contribution is -2.32. The van der Waals surface area contributed by atoms with Crippen LogP contribution in [0.3, 0.4) is 0 Å². The maximum absolute atomic E-state index is 9.66. The zero-order valence-corrected chi connectivity index (χ0v) is 14.1. The molecular formula is C16H26ClN3O. The van der Waals surface area contributed by atoms with E-state index in [1.165, 1.54) is 19.2 Å². The quantitative estimate of drug-likeness (QED) is 0.878. The van der Waals surface area contributed by atoms with Crippen LogP contribution in [0.25, 0.3) is 0 Å². The van der Waals surface area contributed by atoms with Crippen LogP contribution in [0.1, 0.15) is 65.2 Å². The van der Waals surface area contributed by atoms with Gasteiger partial charge in [0.05, 0.1) is 11.8 Å². The van der Waals surface area contributed by atoms with Gasteiger partial charge in [0, 0.05) is 6.04 Å². The average molecular weight is 312 g/mol. The van der Waals surface area contributed by atoms with Gasteiger partial charge in [0.2, 0.25) is 0 Å². The summed E-state index contributed by atoms with van der Waals surface area (Å²) in [5.74, 6) is 1.42. The van der Waals surface area contributed by atoms with Crippen molar-refractivity contribution in [3.05, 3.63) is 17.0 Å². The second kappa shape index (κ2) is 6.49. The number of rotatable bonds is 3. The highest BCUT2D eigenvalue weighted by atomic mass is 35.5. The molecule has 1 atom stereocenters. The Bertz CT molecular complexity index is 477. The molecule has 5 heteroatoms. The van der Waals surface area contributed by atoms with E-state index in [0.29, 0.717) is 28.0 Å². The second-order valence-corrected chi connectivity index (χ2v) is 7.53. The highest BCUT2D eigenvalue weighted by Gasteiger charge is 2.30. The van der Waals surface area contributed by atoms with Crippen LogP contribution in [0.5, 0.6) is 0 Å². The third-order valence-corrected chi connectivity index (χ3v) is 4.88. The number of aromatic nitrogens is 2. The molecule has 1 unspecified atom stereocenters. The van der Waals surface area contributed by atoms with Crippen molar-refractivity contribution >= 4 is 17.4 Å². The summed E-state index contributed by atoms with van der Waals surface area (Å²) in [7, 11) is 0. The molecule has 2 N–H and O–H groups in total. The van der Waals surface area contributed by atoms with Gasteiger partial charge in [-0.1, -0.05) is 32.4 Å². The molecule has 1 aliphatic rings. The van der Waals surface area contributed by atoms with E-state index < -0.39 is 6.10 Å². The summed E-state index contributed by atoms with van der Waals surface area (Å²) in [5.41, 5.74) is 0.870. The minimum Gasteiger partial charge on any atom is -0.387 e. The molecule has 1 heterocycles. The Hall–Kier alpha value is -0.870. The number of aliphatic hydroxyl groups excluding tert-OH is 1. The lowest BCUT2D eigenvalue weighted by Gasteiger charge is -2.37. The average Bonchev–Trinajstić information content (AvgIpc) is 2.40. The van der Waals surface area contributed by atoms with Crippen LogP contribution < -0.4 is 5.32 Å². The van der Waals surface area contributed by atoms with Crippen LogP contribution in [0.2, 0.25) is 5.02 Å². The fourth-order valence-electron chi connectivity index (χ4n) is 3.07. The predicted molar refractivity (Wildman–Crippen MR) is 86.5 cm³/mol. The van der Waals surface area contributed by atoms with Crippen molar-refractivity contribution in [2.45, 2.75) is 65.5 Å². The third kappa shape index (κ3) is 4.07. The fourth-order valence-corrected chi connectivity index (χ4v) is 3.38. The summed E-state index contributed by atoms with van der Waals surface area (Å²) >= 11 is 6.28. The lowest BCUT2D eigenvalue weighted by molar-refractivity contribution is 0.173. The minimum atomic E-state index is -0.683. The van der Waals surface area contributed by atoms with Crippen LogP contribution in [-0.2, 0) is 0 Å². The molecule has 1 fully saturated rings. The first-order valence-electron chi connectivity index (χ1n) is 7.74. The van der Waals surface area contributed by atoms with Crippen molar-refractivity contribution in [3.8, 4) is 0 Å². The molecule has 2 rings (SSSR count). The number of halogens is 1. The summed E-state index contributed by atoms with van der Waals surface area (Å²) in [6.07, 6.45) is 5.49. The summed E-state index contributed by atoms with van der Waals surface area (Å²) in [6, 6.07) is 0.401. The van der Waals surface area contributed by atoms with Gasteiger partial charge in [-0.15, -0.1) is 0 Å². The van der Waals surface area contributed by atoms with E-state index in [4.69, 9.17) is 11.6 Å². The first kappa shape index (κ1) is 16.5. The maximum atomic E-state index is 9.66.